The zero-order valence-electron chi connectivity index (χ0n) is 10.4. The van der Waals surface area contributed by atoms with E-state index in [0.717, 1.165) is 18.3 Å². The van der Waals surface area contributed by atoms with E-state index in [-0.39, 0.29) is 0 Å². The number of benzene rings is 1. The van der Waals surface area contributed by atoms with Crippen LogP contribution >= 0.6 is 0 Å². The molecule has 0 aromatic heterocycles. The number of hydrogen-bond acceptors (Lipinski definition) is 1. The van der Waals surface area contributed by atoms with Gasteiger partial charge in [0.05, 0.1) is 6.61 Å². The molecule has 0 saturated heterocycles. The maximum absolute atomic E-state index is 5.56. The van der Waals surface area contributed by atoms with E-state index in [1.54, 1.807) is 0 Å². The van der Waals surface area contributed by atoms with E-state index < -0.39 is 0 Å². The molecule has 1 aromatic rings. The van der Waals surface area contributed by atoms with Crippen molar-refractivity contribution in [2.45, 2.75) is 45.4 Å². The zero-order valence-corrected chi connectivity index (χ0v) is 10.4. The van der Waals surface area contributed by atoms with E-state index in [9.17, 15) is 0 Å². The van der Waals surface area contributed by atoms with Gasteiger partial charge in [-0.25, -0.2) is 0 Å². The van der Waals surface area contributed by atoms with Crippen molar-refractivity contribution >= 4 is 0 Å². The molecule has 1 aromatic carbocycles. The molecule has 1 nitrogen and oxygen atoms in total. The van der Waals surface area contributed by atoms with Gasteiger partial charge < -0.3 is 4.74 Å². The molecule has 1 heteroatoms. The Labute approximate surface area is 98.8 Å². The second-order valence-corrected chi connectivity index (χ2v) is 4.84. The van der Waals surface area contributed by atoms with Crippen LogP contribution in [0.1, 0.15) is 51.0 Å². The molecule has 0 bridgehead atoms. The molecule has 1 unspecified atom stereocenters. The molecule has 2 rings (SSSR count). The number of rotatable bonds is 4. The summed E-state index contributed by atoms with van der Waals surface area (Å²) in [5.41, 5.74) is 1.44. The van der Waals surface area contributed by atoms with Crippen LogP contribution in [0, 0.1) is 5.92 Å². The molecule has 0 amide bonds. The van der Waals surface area contributed by atoms with Crippen molar-refractivity contribution in [3.05, 3.63) is 29.8 Å². The third-order valence-electron chi connectivity index (χ3n) is 3.80. The van der Waals surface area contributed by atoms with Gasteiger partial charge >= 0.3 is 0 Å². The number of ether oxygens (including phenoxy) is 1. The lowest BCUT2D eigenvalue weighted by atomic mass is 9.86. The number of hydrogen-bond donors (Lipinski definition) is 0. The highest BCUT2D eigenvalue weighted by atomic mass is 16.5. The molecule has 0 spiro atoms. The fourth-order valence-electron chi connectivity index (χ4n) is 2.78. The highest BCUT2D eigenvalue weighted by molar-refractivity contribution is 5.31. The Balaban J connectivity index is 2.09. The van der Waals surface area contributed by atoms with Gasteiger partial charge in [0.1, 0.15) is 5.75 Å². The maximum atomic E-state index is 5.56. The molecular weight excluding hydrogens is 196 g/mol. The normalized spacial score (nSPS) is 18.6. The van der Waals surface area contributed by atoms with Crippen molar-refractivity contribution in [1.29, 1.82) is 0 Å². The second kappa shape index (κ2) is 5.38. The minimum Gasteiger partial charge on any atom is -0.494 e. The van der Waals surface area contributed by atoms with E-state index in [4.69, 9.17) is 4.74 Å². The van der Waals surface area contributed by atoms with Crippen LogP contribution in [0.5, 0.6) is 5.75 Å². The zero-order chi connectivity index (χ0) is 11.4. The lowest BCUT2D eigenvalue weighted by Gasteiger charge is -2.19. The predicted molar refractivity (Wildman–Crippen MR) is 68.0 cm³/mol. The molecule has 0 radical (unpaired) electrons. The van der Waals surface area contributed by atoms with Crippen molar-refractivity contribution in [3.8, 4) is 5.75 Å². The van der Waals surface area contributed by atoms with Crippen LogP contribution in [0.25, 0.3) is 0 Å². The molecule has 0 aliphatic heterocycles. The monoisotopic (exact) mass is 218 g/mol. The quantitative estimate of drug-likeness (QED) is 0.728. The van der Waals surface area contributed by atoms with Crippen molar-refractivity contribution in [1.82, 2.24) is 0 Å². The van der Waals surface area contributed by atoms with Gasteiger partial charge in [-0.3, -0.25) is 0 Å². The van der Waals surface area contributed by atoms with Gasteiger partial charge in [-0.1, -0.05) is 31.9 Å². The van der Waals surface area contributed by atoms with Crippen molar-refractivity contribution in [3.63, 3.8) is 0 Å². The maximum Gasteiger partial charge on any atom is 0.119 e. The van der Waals surface area contributed by atoms with Gasteiger partial charge in [0.2, 0.25) is 0 Å². The minimum absolute atomic E-state index is 0.683. The fourth-order valence-corrected chi connectivity index (χ4v) is 2.78. The average Bonchev–Trinajstić information content (AvgIpc) is 2.82. The Bertz CT molecular complexity index is 326. The van der Waals surface area contributed by atoms with E-state index in [2.05, 4.69) is 25.1 Å². The molecule has 1 aliphatic rings. The minimum atomic E-state index is 0.683. The average molecular weight is 218 g/mol. The molecule has 1 aliphatic carbocycles. The molecule has 16 heavy (non-hydrogen) atoms. The predicted octanol–water partition coefficient (Wildman–Crippen LogP) is 4.38. The van der Waals surface area contributed by atoms with Crippen LogP contribution in [-0.4, -0.2) is 6.61 Å². The summed E-state index contributed by atoms with van der Waals surface area (Å²) in [6.07, 6.45) is 5.64. The molecule has 0 heterocycles. The molecule has 1 saturated carbocycles. The molecule has 1 fully saturated rings. The van der Waals surface area contributed by atoms with Crippen LogP contribution in [0.3, 0.4) is 0 Å². The largest absolute Gasteiger partial charge is 0.494 e. The van der Waals surface area contributed by atoms with Gasteiger partial charge in [-0.05, 0) is 49.3 Å². The first-order valence-electron chi connectivity index (χ1n) is 6.54. The SMILES string of the molecule is CCOc1cccc(C(C)C2CCCC2)c1. The van der Waals surface area contributed by atoms with E-state index in [1.807, 2.05) is 13.0 Å². The summed E-state index contributed by atoms with van der Waals surface area (Å²) in [7, 11) is 0. The first-order chi connectivity index (χ1) is 7.81. The Kier molecular flexibility index (Phi) is 3.87. The standard InChI is InChI=1S/C15H22O/c1-3-16-15-10-6-9-14(11-15)12(2)13-7-4-5-8-13/h6,9-13H,3-5,7-8H2,1-2H3. The van der Waals surface area contributed by atoms with Crippen LogP contribution in [0.15, 0.2) is 24.3 Å². The summed E-state index contributed by atoms with van der Waals surface area (Å²) in [4.78, 5) is 0. The summed E-state index contributed by atoms with van der Waals surface area (Å²) in [6, 6.07) is 8.62. The lowest BCUT2D eigenvalue weighted by molar-refractivity contribution is 0.339. The van der Waals surface area contributed by atoms with Crippen molar-refractivity contribution < 1.29 is 4.74 Å². The third kappa shape index (κ3) is 2.58. The van der Waals surface area contributed by atoms with Crippen LogP contribution in [-0.2, 0) is 0 Å². The summed E-state index contributed by atoms with van der Waals surface area (Å²) in [6.45, 7) is 5.15. The molecule has 1 atom stereocenters. The van der Waals surface area contributed by atoms with Gasteiger partial charge in [0.15, 0.2) is 0 Å². The van der Waals surface area contributed by atoms with E-state index in [0.29, 0.717) is 5.92 Å². The summed E-state index contributed by atoms with van der Waals surface area (Å²) >= 11 is 0. The summed E-state index contributed by atoms with van der Waals surface area (Å²) in [5, 5.41) is 0. The molecule has 0 N–H and O–H groups in total. The van der Waals surface area contributed by atoms with Crippen molar-refractivity contribution in [2.75, 3.05) is 6.61 Å². The second-order valence-electron chi connectivity index (χ2n) is 4.84. The van der Waals surface area contributed by atoms with E-state index in [1.165, 1.54) is 31.2 Å². The lowest BCUT2D eigenvalue weighted by Crippen LogP contribution is -2.06. The first-order valence-corrected chi connectivity index (χ1v) is 6.54. The highest BCUT2D eigenvalue weighted by Crippen LogP contribution is 2.37. The smallest absolute Gasteiger partial charge is 0.119 e. The van der Waals surface area contributed by atoms with Gasteiger partial charge in [0, 0.05) is 0 Å². The van der Waals surface area contributed by atoms with Gasteiger partial charge in [-0.15, -0.1) is 0 Å². The third-order valence-corrected chi connectivity index (χ3v) is 3.80. The van der Waals surface area contributed by atoms with Gasteiger partial charge in [0.25, 0.3) is 0 Å². The Morgan fingerprint density at radius 1 is 1.31 bits per heavy atom. The van der Waals surface area contributed by atoms with Gasteiger partial charge in [-0.2, -0.15) is 0 Å². The Morgan fingerprint density at radius 3 is 2.75 bits per heavy atom. The Hall–Kier alpha value is -0.980. The topological polar surface area (TPSA) is 9.23 Å². The van der Waals surface area contributed by atoms with Crippen LogP contribution < -0.4 is 4.74 Å². The summed E-state index contributed by atoms with van der Waals surface area (Å²) in [5.74, 6) is 2.59. The van der Waals surface area contributed by atoms with Crippen molar-refractivity contribution in [2.24, 2.45) is 5.92 Å². The molecule has 88 valence electrons. The van der Waals surface area contributed by atoms with Crippen LogP contribution in [0.2, 0.25) is 0 Å². The van der Waals surface area contributed by atoms with E-state index >= 15 is 0 Å². The first kappa shape index (κ1) is 11.5. The Morgan fingerprint density at radius 2 is 2.06 bits per heavy atom. The molecular formula is C15H22O. The fraction of sp³-hybridized carbons (Fsp3) is 0.600. The van der Waals surface area contributed by atoms with Crippen LogP contribution in [0.4, 0.5) is 0 Å². The summed E-state index contributed by atoms with van der Waals surface area (Å²) < 4.78 is 5.56. The highest BCUT2D eigenvalue weighted by Gasteiger charge is 2.22.